The number of aryl methyl sites for hydroxylation is 1. The van der Waals surface area contributed by atoms with Crippen molar-refractivity contribution in [2.24, 2.45) is 0 Å². The van der Waals surface area contributed by atoms with Gasteiger partial charge in [-0.1, -0.05) is 36.4 Å². The minimum Gasteiger partial charge on any atom is -0.466 e. The second kappa shape index (κ2) is 8.41. The number of nitrogens with one attached hydrogen (secondary N) is 1. The molecule has 9 heteroatoms. The number of sulfone groups is 1. The second-order valence-corrected chi connectivity index (χ2v) is 9.64. The predicted molar refractivity (Wildman–Crippen MR) is 113 cm³/mol. The van der Waals surface area contributed by atoms with Crippen LogP contribution in [0.1, 0.15) is 36.9 Å². The van der Waals surface area contributed by atoms with Gasteiger partial charge in [0.05, 0.1) is 24.0 Å². The molecule has 4 rings (SSSR count). The maximum atomic E-state index is 13.2. The average molecular weight is 445 g/mol. The number of rotatable bonds is 5. The lowest BCUT2D eigenvalue weighted by Crippen LogP contribution is -2.43. The molecule has 164 valence electrons. The van der Waals surface area contributed by atoms with Gasteiger partial charge >= 0.3 is 5.97 Å². The van der Waals surface area contributed by atoms with Gasteiger partial charge in [0.1, 0.15) is 6.04 Å². The van der Waals surface area contributed by atoms with Crippen molar-refractivity contribution < 1.29 is 27.6 Å². The third-order valence-corrected chi connectivity index (χ3v) is 7.47. The van der Waals surface area contributed by atoms with Crippen LogP contribution in [0.5, 0.6) is 0 Å². The van der Waals surface area contributed by atoms with Crippen molar-refractivity contribution in [2.75, 3.05) is 11.9 Å². The van der Waals surface area contributed by atoms with Crippen molar-refractivity contribution >= 4 is 27.4 Å². The number of amides is 1. The lowest BCUT2D eigenvalue weighted by molar-refractivity contribution is -0.184. The summed E-state index contributed by atoms with van der Waals surface area (Å²) >= 11 is 0. The fourth-order valence-electron chi connectivity index (χ4n) is 4.06. The van der Waals surface area contributed by atoms with Gasteiger partial charge in [0.2, 0.25) is 15.7 Å². The Morgan fingerprint density at radius 3 is 2.65 bits per heavy atom. The highest BCUT2D eigenvalue weighted by atomic mass is 32.2. The highest BCUT2D eigenvalue weighted by molar-refractivity contribution is 7.92. The molecule has 31 heavy (non-hydrogen) atoms. The smallest absolute Gasteiger partial charge is 0.308 e. The molecule has 3 atom stereocenters. The van der Waals surface area contributed by atoms with Crippen molar-refractivity contribution in [3.05, 3.63) is 59.7 Å². The molecule has 2 aromatic rings. The normalized spacial score (nSPS) is 23.4. The van der Waals surface area contributed by atoms with E-state index < -0.39 is 39.2 Å². The monoisotopic (exact) mass is 444 g/mol. The van der Waals surface area contributed by atoms with E-state index in [2.05, 4.69) is 5.32 Å². The van der Waals surface area contributed by atoms with Gasteiger partial charge in [-0.15, -0.1) is 0 Å². The molecule has 2 aliphatic heterocycles. The molecule has 0 spiro atoms. The summed E-state index contributed by atoms with van der Waals surface area (Å²) in [5.74, 6) is -0.995. The number of para-hydroxylation sites is 1. The Hall–Kier alpha value is -2.75. The third kappa shape index (κ3) is 3.96. The number of nitrogens with zero attached hydrogens (tertiary/aromatic N) is 1. The summed E-state index contributed by atoms with van der Waals surface area (Å²) in [6.07, 6.45) is -0.122. The Labute approximate surface area is 181 Å². The highest BCUT2D eigenvalue weighted by Crippen LogP contribution is 2.45. The molecular weight excluding hydrogens is 420 g/mol. The zero-order valence-corrected chi connectivity index (χ0v) is 18.1. The second-order valence-electron chi connectivity index (χ2n) is 7.56. The van der Waals surface area contributed by atoms with Crippen molar-refractivity contribution in [3.8, 4) is 0 Å². The molecule has 0 unspecified atom stereocenters. The van der Waals surface area contributed by atoms with E-state index in [4.69, 9.17) is 9.57 Å². The molecule has 0 aliphatic carbocycles. The van der Waals surface area contributed by atoms with Gasteiger partial charge in [0.25, 0.3) is 0 Å². The Morgan fingerprint density at radius 2 is 1.94 bits per heavy atom. The molecular formula is C22H24N2O6S. The van der Waals surface area contributed by atoms with E-state index in [1.165, 1.54) is 17.2 Å². The first-order valence-electron chi connectivity index (χ1n) is 10.1. The van der Waals surface area contributed by atoms with Gasteiger partial charge in [-0.3, -0.25) is 14.4 Å². The van der Waals surface area contributed by atoms with Crippen LogP contribution in [0.15, 0.2) is 53.4 Å². The zero-order valence-electron chi connectivity index (χ0n) is 17.3. The Kier molecular flexibility index (Phi) is 5.83. The summed E-state index contributed by atoms with van der Waals surface area (Å²) < 4.78 is 31.5. The van der Waals surface area contributed by atoms with Crippen LogP contribution >= 0.6 is 0 Å². The maximum absolute atomic E-state index is 13.2. The van der Waals surface area contributed by atoms with E-state index in [-0.39, 0.29) is 24.3 Å². The van der Waals surface area contributed by atoms with E-state index in [0.29, 0.717) is 5.69 Å². The van der Waals surface area contributed by atoms with Gasteiger partial charge in [-0.25, -0.2) is 8.42 Å². The number of hydrogen-bond acceptors (Lipinski definition) is 7. The van der Waals surface area contributed by atoms with Gasteiger partial charge in [-0.05, 0) is 37.1 Å². The first-order valence-corrected chi connectivity index (χ1v) is 11.7. The first kappa shape index (κ1) is 21.5. The summed E-state index contributed by atoms with van der Waals surface area (Å²) in [7, 11) is -3.81. The lowest BCUT2D eigenvalue weighted by atomic mass is 9.99. The summed E-state index contributed by atoms with van der Waals surface area (Å²) in [6.45, 7) is 3.73. The van der Waals surface area contributed by atoms with E-state index >= 15 is 0 Å². The fraction of sp³-hybridized carbons (Fsp3) is 0.364. The molecule has 2 aromatic carbocycles. The van der Waals surface area contributed by atoms with Crippen molar-refractivity contribution in [1.29, 1.82) is 0 Å². The zero-order chi connectivity index (χ0) is 22.2. The number of benzene rings is 2. The molecule has 0 aromatic heterocycles. The van der Waals surface area contributed by atoms with Crippen LogP contribution in [0.3, 0.4) is 0 Å². The quantitative estimate of drug-likeness (QED) is 0.708. The van der Waals surface area contributed by atoms with Crippen molar-refractivity contribution in [3.63, 3.8) is 0 Å². The molecule has 0 bridgehead atoms. The van der Waals surface area contributed by atoms with Crippen LogP contribution in [-0.2, 0) is 29.0 Å². The van der Waals surface area contributed by atoms with Crippen molar-refractivity contribution in [1.82, 2.24) is 5.06 Å². The largest absolute Gasteiger partial charge is 0.466 e. The molecule has 2 aliphatic rings. The minimum absolute atomic E-state index is 0.127. The van der Waals surface area contributed by atoms with E-state index in [9.17, 15) is 18.0 Å². The Bertz CT molecular complexity index is 1100. The standard InChI is InChI=1S/C22H24N2O6S/c1-3-29-19(25)12-18-22(26)23-21-14(2)8-7-11-16(21)17-13-20(30-24(17)18)31(27,28)15-9-5-4-6-10-15/h4-11,17-18,20H,3,12-13H2,1-2H3,(H,23,26)/t17-,18+,20+/m0/s1. The number of hydrogen-bond donors (Lipinski definition) is 1. The number of carbonyl (C=O) groups is 2. The molecule has 1 N–H and O–H groups in total. The predicted octanol–water partition coefficient (Wildman–Crippen LogP) is 2.75. The SMILES string of the molecule is CCOC(=O)C[C@@H]1C(=O)Nc2c(C)cccc2[C@@H]2C[C@@H](S(=O)(=O)c3ccccc3)ON12. The van der Waals surface area contributed by atoms with E-state index in [1.807, 2.05) is 25.1 Å². The Balaban J connectivity index is 1.75. The van der Waals surface area contributed by atoms with Crippen LogP contribution in [0.2, 0.25) is 0 Å². The molecule has 1 saturated heterocycles. The van der Waals surface area contributed by atoms with Gasteiger partial charge in [0.15, 0.2) is 5.44 Å². The number of anilines is 1. The molecule has 8 nitrogen and oxygen atoms in total. The summed E-state index contributed by atoms with van der Waals surface area (Å²) in [4.78, 5) is 31.3. The average Bonchev–Trinajstić information content (AvgIpc) is 3.16. The fourth-order valence-corrected chi connectivity index (χ4v) is 5.55. The van der Waals surface area contributed by atoms with Crippen LogP contribution in [0, 0.1) is 6.92 Å². The molecule has 2 heterocycles. The van der Waals surface area contributed by atoms with Crippen LogP contribution in [-0.4, -0.2) is 43.4 Å². The molecule has 1 amide bonds. The number of esters is 1. The lowest BCUT2D eigenvalue weighted by Gasteiger charge is -2.27. The number of carbonyl (C=O) groups excluding carboxylic acids is 2. The summed E-state index contributed by atoms with van der Waals surface area (Å²) in [6, 6.07) is 12.1. The molecule has 0 radical (unpaired) electrons. The first-order chi connectivity index (χ1) is 14.8. The van der Waals surface area contributed by atoms with E-state index in [1.54, 1.807) is 25.1 Å². The third-order valence-electron chi connectivity index (χ3n) is 5.57. The van der Waals surface area contributed by atoms with Gasteiger partial charge in [0, 0.05) is 12.1 Å². The van der Waals surface area contributed by atoms with Crippen LogP contribution < -0.4 is 5.32 Å². The van der Waals surface area contributed by atoms with Crippen LogP contribution in [0.25, 0.3) is 0 Å². The number of hydroxylamine groups is 2. The van der Waals surface area contributed by atoms with Crippen molar-refractivity contribution in [2.45, 2.75) is 49.1 Å². The van der Waals surface area contributed by atoms with Gasteiger partial charge in [-0.2, -0.15) is 5.06 Å². The minimum atomic E-state index is -3.81. The van der Waals surface area contributed by atoms with Crippen LogP contribution in [0.4, 0.5) is 5.69 Å². The number of fused-ring (bicyclic) bond motifs is 3. The highest BCUT2D eigenvalue weighted by Gasteiger charge is 2.49. The molecule has 0 saturated carbocycles. The Morgan fingerprint density at radius 1 is 1.19 bits per heavy atom. The maximum Gasteiger partial charge on any atom is 0.308 e. The van der Waals surface area contributed by atoms with Gasteiger partial charge < -0.3 is 10.1 Å². The van der Waals surface area contributed by atoms with E-state index in [0.717, 1.165) is 11.1 Å². The topological polar surface area (TPSA) is 102 Å². The molecule has 1 fully saturated rings. The number of ether oxygens (including phenoxy) is 1. The summed E-state index contributed by atoms with van der Waals surface area (Å²) in [5, 5.41) is 4.25. The summed E-state index contributed by atoms with van der Waals surface area (Å²) in [5.41, 5.74) is 1.04.